The topological polar surface area (TPSA) is 35.6 Å². The van der Waals surface area contributed by atoms with Crippen molar-refractivity contribution in [1.82, 2.24) is 10.2 Å². The van der Waals surface area contributed by atoms with Gasteiger partial charge in [0.1, 0.15) is 0 Å². The number of benzene rings is 3. The predicted molar refractivity (Wildman–Crippen MR) is 119 cm³/mol. The average molecular weight is 386 g/mol. The monoisotopic (exact) mass is 385 g/mol. The lowest BCUT2D eigenvalue weighted by Gasteiger charge is -2.34. The van der Waals surface area contributed by atoms with Gasteiger partial charge in [0.25, 0.3) is 5.91 Å². The molecule has 1 heterocycles. The van der Waals surface area contributed by atoms with Gasteiger partial charge < -0.3 is 15.1 Å². The number of hydrogen-bond donors (Lipinski definition) is 1. The zero-order chi connectivity index (χ0) is 20.1. The first-order valence-electron chi connectivity index (χ1n) is 10.2. The third kappa shape index (κ3) is 4.84. The van der Waals surface area contributed by atoms with Crippen molar-refractivity contribution in [3.63, 3.8) is 0 Å². The number of nitrogens with one attached hydrogen (secondary N) is 1. The van der Waals surface area contributed by atoms with Gasteiger partial charge in [-0.3, -0.25) is 4.79 Å². The van der Waals surface area contributed by atoms with Gasteiger partial charge >= 0.3 is 0 Å². The predicted octanol–water partition coefficient (Wildman–Crippen LogP) is 4.04. The summed E-state index contributed by atoms with van der Waals surface area (Å²) in [6.07, 6.45) is 0. The lowest BCUT2D eigenvalue weighted by atomic mass is 10.0. The van der Waals surface area contributed by atoms with E-state index in [-0.39, 0.29) is 5.91 Å². The van der Waals surface area contributed by atoms with Gasteiger partial charge in [-0.2, -0.15) is 0 Å². The maximum Gasteiger partial charge on any atom is 0.251 e. The average Bonchev–Trinajstić information content (AvgIpc) is 2.79. The lowest BCUT2D eigenvalue weighted by molar-refractivity contribution is 0.0951. The molecule has 1 fully saturated rings. The Bertz CT molecular complexity index is 928. The van der Waals surface area contributed by atoms with E-state index in [4.69, 9.17) is 0 Å². The Balaban J connectivity index is 1.32. The number of amides is 1. The maximum absolute atomic E-state index is 12.5. The number of anilines is 1. The van der Waals surface area contributed by atoms with E-state index in [1.807, 2.05) is 42.5 Å². The van der Waals surface area contributed by atoms with E-state index < -0.39 is 0 Å². The molecule has 0 aliphatic carbocycles. The molecule has 3 aromatic rings. The van der Waals surface area contributed by atoms with Crippen molar-refractivity contribution in [1.29, 1.82) is 0 Å². The molecule has 1 saturated heterocycles. The minimum absolute atomic E-state index is 0.0484. The molecule has 0 atom stereocenters. The van der Waals surface area contributed by atoms with E-state index >= 15 is 0 Å². The zero-order valence-electron chi connectivity index (χ0n) is 16.8. The summed E-state index contributed by atoms with van der Waals surface area (Å²) >= 11 is 0. The van der Waals surface area contributed by atoms with Crippen LogP contribution in [-0.2, 0) is 6.54 Å². The van der Waals surface area contributed by atoms with Crippen molar-refractivity contribution in [2.45, 2.75) is 6.54 Å². The minimum Gasteiger partial charge on any atom is -0.369 e. The van der Waals surface area contributed by atoms with Crippen LogP contribution in [0.25, 0.3) is 11.1 Å². The van der Waals surface area contributed by atoms with E-state index in [0.29, 0.717) is 12.1 Å². The van der Waals surface area contributed by atoms with Crippen LogP contribution in [0, 0.1) is 0 Å². The van der Waals surface area contributed by atoms with Crippen molar-refractivity contribution < 1.29 is 4.79 Å². The molecule has 4 heteroatoms. The van der Waals surface area contributed by atoms with Crippen LogP contribution in [-0.4, -0.2) is 44.0 Å². The first-order valence-corrected chi connectivity index (χ1v) is 10.2. The number of piperazine rings is 1. The Labute approximate surface area is 172 Å². The Morgan fingerprint density at radius 1 is 0.793 bits per heavy atom. The van der Waals surface area contributed by atoms with Gasteiger partial charge in [-0.15, -0.1) is 0 Å². The number of rotatable bonds is 5. The van der Waals surface area contributed by atoms with E-state index in [2.05, 4.69) is 58.6 Å². The molecule has 0 unspecified atom stereocenters. The summed E-state index contributed by atoms with van der Waals surface area (Å²) in [5.41, 5.74) is 5.31. The maximum atomic E-state index is 12.5. The highest BCUT2D eigenvalue weighted by Gasteiger charge is 2.14. The minimum atomic E-state index is -0.0484. The van der Waals surface area contributed by atoms with Crippen LogP contribution < -0.4 is 10.2 Å². The molecule has 1 amide bonds. The van der Waals surface area contributed by atoms with Crippen LogP contribution >= 0.6 is 0 Å². The smallest absolute Gasteiger partial charge is 0.251 e. The Morgan fingerprint density at radius 3 is 2.07 bits per heavy atom. The van der Waals surface area contributed by atoms with Crippen molar-refractivity contribution in [2.75, 3.05) is 38.1 Å². The van der Waals surface area contributed by atoms with Crippen LogP contribution in [0.3, 0.4) is 0 Å². The number of carbonyl (C=O) groups is 1. The van der Waals surface area contributed by atoms with Crippen molar-refractivity contribution in [3.05, 3.63) is 90.0 Å². The van der Waals surface area contributed by atoms with Gasteiger partial charge in [0.2, 0.25) is 0 Å². The number of hydrogen-bond acceptors (Lipinski definition) is 3. The molecule has 0 saturated carbocycles. The second-order valence-corrected chi connectivity index (χ2v) is 7.58. The summed E-state index contributed by atoms with van der Waals surface area (Å²) < 4.78 is 0. The highest BCUT2D eigenvalue weighted by atomic mass is 16.1. The molecule has 0 radical (unpaired) electrons. The third-order valence-corrected chi connectivity index (χ3v) is 5.51. The van der Waals surface area contributed by atoms with Gasteiger partial charge in [0.15, 0.2) is 0 Å². The largest absolute Gasteiger partial charge is 0.369 e. The second-order valence-electron chi connectivity index (χ2n) is 7.58. The SMILES string of the molecule is CN1CCN(c2ccc(CNC(=O)c3ccc(-c4ccccc4)cc3)cc2)CC1. The molecule has 4 nitrogen and oxygen atoms in total. The fourth-order valence-corrected chi connectivity index (χ4v) is 3.62. The highest BCUT2D eigenvalue weighted by molar-refractivity contribution is 5.94. The first-order chi connectivity index (χ1) is 14.2. The molecule has 1 N–H and O–H groups in total. The van der Waals surface area contributed by atoms with E-state index in [9.17, 15) is 4.79 Å². The number of carbonyl (C=O) groups excluding carboxylic acids is 1. The molecular weight excluding hydrogens is 358 g/mol. The number of nitrogens with zero attached hydrogens (tertiary/aromatic N) is 2. The summed E-state index contributed by atoms with van der Waals surface area (Å²) in [6.45, 7) is 4.85. The number of likely N-dealkylation sites (N-methyl/N-ethyl adjacent to an activating group) is 1. The van der Waals surface area contributed by atoms with Crippen LogP contribution in [0.5, 0.6) is 0 Å². The van der Waals surface area contributed by atoms with E-state index in [0.717, 1.165) is 42.9 Å². The van der Waals surface area contributed by atoms with Crippen molar-refractivity contribution >= 4 is 11.6 Å². The molecule has 4 rings (SSSR count). The summed E-state index contributed by atoms with van der Waals surface area (Å²) in [5, 5.41) is 3.02. The zero-order valence-corrected chi connectivity index (χ0v) is 16.8. The second kappa shape index (κ2) is 8.93. The molecule has 0 spiro atoms. The van der Waals surface area contributed by atoms with E-state index in [1.54, 1.807) is 0 Å². The normalized spacial score (nSPS) is 14.6. The van der Waals surface area contributed by atoms with Crippen LogP contribution in [0.1, 0.15) is 15.9 Å². The molecule has 29 heavy (non-hydrogen) atoms. The Morgan fingerprint density at radius 2 is 1.41 bits per heavy atom. The van der Waals surface area contributed by atoms with E-state index in [1.165, 1.54) is 5.69 Å². The van der Waals surface area contributed by atoms with Crippen LogP contribution in [0.2, 0.25) is 0 Å². The third-order valence-electron chi connectivity index (χ3n) is 5.51. The quantitative estimate of drug-likeness (QED) is 0.720. The van der Waals surface area contributed by atoms with Gasteiger partial charge in [-0.05, 0) is 48.0 Å². The fourth-order valence-electron chi connectivity index (χ4n) is 3.62. The molecule has 0 aromatic heterocycles. The molecule has 148 valence electrons. The summed E-state index contributed by atoms with van der Waals surface area (Å²) in [7, 11) is 2.17. The van der Waals surface area contributed by atoms with Crippen LogP contribution in [0.15, 0.2) is 78.9 Å². The van der Waals surface area contributed by atoms with Crippen LogP contribution in [0.4, 0.5) is 5.69 Å². The molecule has 3 aromatic carbocycles. The van der Waals surface area contributed by atoms with Crippen molar-refractivity contribution in [2.24, 2.45) is 0 Å². The highest BCUT2D eigenvalue weighted by Crippen LogP contribution is 2.20. The Kier molecular flexibility index (Phi) is 5.92. The standard InChI is InChI=1S/C25H27N3O/c1-27-15-17-28(18-16-27)24-13-7-20(8-14-24)19-26-25(29)23-11-9-22(10-12-23)21-5-3-2-4-6-21/h2-14H,15-19H2,1H3,(H,26,29). The van der Waals surface area contributed by atoms with Gasteiger partial charge in [-0.25, -0.2) is 0 Å². The van der Waals surface area contributed by atoms with Gasteiger partial charge in [0.05, 0.1) is 0 Å². The van der Waals surface area contributed by atoms with Crippen molar-refractivity contribution in [3.8, 4) is 11.1 Å². The summed E-state index contributed by atoms with van der Waals surface area (Å²) in [4.78, 5) is 17.3. The molecule has 1 aliphatic heterocycles. The molecule has 0 bridgehead atoms. The Hall–Kier alpha value is -3.11. The first kappa shape index (κ1) is 19.2. The fraction of sp³-hybridized carbons (Fsp3) is 0.240. The van der Waals surface area contributed by atoms with Gasteiger partial charge in [0, 0.05) is 44.0 Å². The molecule has 1 aliphatic rings. The molecular formula is C25H27N3O. The summed E-state index contributed by atoms with van der Waals surface area (Å²) in [6, 6.07) is 26.5. The van der Waals surface area contributed by atoms with Gasteiger partial charge in [-0.1, -0.05) is 54.6 Å². The summed E-state index contributed by atoms with van der Waals surface area (Å²) in [5.74, 6) is -0.0484. The lowest BCUT2D eigenvalue weighted by Crippen LogP contribution is -2.44.